The molecule has 0 aliphatic carbocycles. The maximum atomic E-state index is 12.9. The Morgan fingerprint density at radius 1 is 0.933 bits per heavy atom. The quantitative estimate of drug-likeness (QED) is 0.428. The average molecular weight is 419 g/mol. The van der Waals surface area contributed by atoms with Crippen LogP contribution < -0.4 is 10.6 Å². The van der Waals surface area contributed by atoms with E-state index >= 15 is 0 Å². The second-order valence-corrected chi connectivity index (χ2v) is 7.41. The van der Waals surface area contributed by atoms with Crippen LogP contribution in [0.15, 0.2) is 77.2 Å². The van der Waals surface area contributed by atoms with Gasteiger partial charge >= 0.3 is 0 Å². The number of carbonyl (C=O) groups excluding carboxylic acids is 2. The van der Waals surface area contributed by atoms with Crippen LogP contribution in [-0.2, 0) is 11.2 Å². The summed E-state index contributed by atoms with van der Waals surface area (Å²) < 4.78 is 5.77. The molecule has 0 bridgehead atoms. The molecule has 150 valence electrons. The van der Waals surface area contributed by atoms with Gasteiger partial charge in [-0.3, -0.25) is 9.59 Å². The summed E-state index contributed by atoms with van der Waals surface area (Å²) in [5.41, 5.74) is 3.42. The number of benzene rings is 3. The number of aryl methyl sites for hydroxylation is 1. The summed E-state index contributed by atoms with van der Waals surface area (Å²) in [7, 11) is 0. The highest BCUT2D eigenvalue weighted by molar-refractivity contribution is 6.30. The maximum Gasteiger partial charge on any atom is 0.293 e. The Bertz CT molecular complexity index is 1230. The highest BCUT2D eigenvalue weighted by Gasteiger charge is 2.22. The smallest absolute Gasteiger partial charge is 0.293 e. The molecule has 0 radical (unpaired) electrons. The van der Waals surface area contributed by atoms with Crippen molar-refractivity contribution in [3.8, 4) is 0 Å². The van der Waals surface area contributed by atoms with E-state index in [0.29, 0.717) is 27.4 Å². The van der Waals surface area contributed by atoms with Gasteiger partial charge in [0.2, 0.25) is 11.7 Å². The van der Waals surface area contributed by atoms with Gasteiger partial charge < -0.3 is 15.1 Å². The molecule has 0 saturated heterocycles. The Balaban J connectivity index is 1.62. The summed E-state index contributed by atoms with van der Waals surface area (Å²) in [4.78, 5) is 25.6. The van der Waals surface area contributed by atoms with Crippen molar-refractivity contribution in [1.82, 2.24) is 0 Å². The van der Waals surface area contributed by atoms with E-state index in [-0.39, 0.29) is 18.1 Å². The van der Waals surface area contributed by atoms with Crippen LogP contribution in [0, 0.1) is 6.92 Å². The van der Waals surface area contributed by atoms with Gasteiger partial charge in [-0.2, -0.15) is 0 Å². The van der Waals surface area contributed by atoms with Gasteiger partial charge in [-0.1, -0.05) is 53.6 Å². The molecule has 0 saturated carbocycles. The summed E-state index contributed by atoms with van der Waals surface area (Å²) in [5.74, 6) is -0.643. The molecule has 5 nitrogen and oxygen atoms in total. The van der Waals surface area contributed by atoms with Crippen LogP contribution in [-0.4, -0.2) is 11.8 Å². The van der Waals surface area contributed by atoms with Crippen molar-refractivity contribution in [3.05, 3.63) is 94.7 Å². The fraction of sp³-hybridized carbons (Fsp3) is 0.0833. The number of halogens is 1. The number of fused-ring (bicyclic) bond motifs is 1. The third-order valence-corrected chi connectivity index (χ3v) is 4.87. The van der Waals surface area contributed by atoms with Crippen LogP contribution in [0.3, 0.4) is 0 Å². The molecule has 0 aliphatic heterocycles. The average Bonchev–Trinajstić information content (AvgIpc) is 3.08. The second-order valence-electron chi connectivity index (χ2n) is 6.98. The van der Waals surface area contributed by atoms with Gasteiger partial charge in [0, 0.05) is 16.1 Å². The molecule has 0 unspecified atom stereocenters. The predicted molar refractivity (Wildman–Crippen MR) is 119 cm³/mol. The Morgan fingerprint density at radius 2 is 1.70 bits per heavy atom. The number of hydrogen-bond donors (Lipinski definition) is 2. The Labute approximate surface area is 178 Å². The lowest BCUT2D eigenvalue weighted by atomic mass is 10.1. The molecule has 1 aromatic heterocycles. The molecular formula is C24H19ClN2O3. The van der Waals surface area contributed by atoms with Crippen LogP contribution in [0.5, 0.6) is 0 Å². The minimum atomic E-state index is -0.459. The molecule has 4 rings (SSSR count). The minimum Gasteiger partial charge on any atom is -0.449 e. The van der Waals surface area contributed by atoms with Gasteiger partial charge in [0.05, 0.1) is 6.42 Å². The molecule has 6 heteroatoms. The minimum absolute atomic E-state index is 0.0451. The van der Waals surface area contributed by atoms with E-state index < -0.39 is 5.91 Å². The summed E-state index contributed by atoms with van der Waals surface area (Å²) in [5, 5.41) is 6.87. The summed E-state index contributed by atoms with van der Waals surface area (Å²) in [6.07, 6.45) is 0.194. The Morgan fingerprint density at radius 3 is 2.47 bits per heavy atom. The fourth-order valence-corrected chi connectivity index (χ4v) is 3.37. The molecule has 30 heavy (non-hydrogen) atoms. The van der Waals surface area contributed by atoms with Crippen LogP contribution in [0.2, 0.25) is 5.02 Å². The SMILES string of the molecule is Cc1cccc(CC(=O)Nc2c(C(=O)Nc3ccc(Cl)cc3)oc3ccccc23)c1. The zero-order valence-corrected chi connectivity index (χ0v) is 17.0. The van der Waals surface area contributed by atoms with Crippen molar-refractivity contribution in [1.29, 1.82) is 0 Å². The number of para-hydroxylation sites is 1. The monoisotopic (exact) mass is 418 g/mol. The molecule has 0 fully saturated rings. The number of carbonyl (C=O) groups is 2. The van der Waals surface area contributed by atoms with Crippen molar-refractivity contribution >= 4 is 45.8 Å². The van der Waals surface area contributed by atoms with Crippen molar-refractivity contribution in [2.45, 2.75) is 13.3 Å². The first-order valence-electron chi connectivity index (χ1n) is 9.43. The molecular weight excluding hydrogens is 400 g/mol. The van der Waals surface area contributed by atoms with Gasteiger partial charge in [0.1, 0.15) is 11.3 Å². The lowest BCUT2D eigenvalue weighted by Gasteiger charge is -2.08. The molecule has 0 spiro atoms. The number of hydrogen-bond acceptors (Lipinski definition) is 3. The zero-order valence-electron chi connectivity index (χ0n) is 16.2. The molecule has 2 N–H and O–H groups in total. The maximum absolute atomic E-state index is 12.9. The molecule has 0 aliphatic rings. The first kappa shape index (κ1) is 19.7. The van der Waals surface area contributed by atoms with Crippen LogP contribution in [0.1, 0.15) is 21.7 Å². The van der Waals surface area contributed by atoms with Crippen LogP contribution in [0.4, 0.5) is 11.4 Å². The van der Waals surface area contributed by atoms with E-state index in [1.807, 2.05) is 43.3 Å². The number of nitrogens with one attached hydrogen (secondary N) is 2. The Hall–Kier alpha value is -3.57. The Kier molecular flexibility index (Phi) is 5.55. The third kappa shape index (κ3) is 4.36. The summed E-state index contributed by atoms with van der Waals surface area (Å²) >= 11 is 5.90. The third-order valence-electron chi connectivity index (χ3n) is 4.62. The molecule has 4 aromatic rings. The van der Waals surface area contributed by atoms with E-state index in [4.69, 9.17) is 16.0 Å². The highest BCUT2D eigenvalue weighted by Crippen LogP contribution is 2.31. The van der Waals surface area contributed by atoms with Crippen molar-refractivity contribution in [2.24, 2.45) is 0 Å². The molecule has 1 heterocycles. The van der Waals surface area contributed by atoms with Crippen LogP contribution >= 0.6 is 11.6 Å². The van der Waals surface area contributed by atoms with Crippen LogP contribution in [0.25, 0.3) is 11.0 Å². The zero-order chi connectivity index (χ0) is 21.1. The lowest BCUT2D eigenvalue weighted by Crippen LogP contribution is -2.18. The number of amides is 2. The second kappa shape index (κ2) is 8.43. The van der Waals surface area contributed by atoms with Gasteiger partial charge in [-0.25, -0.2) is 0 Å². The standard InChI is InChI=1S/C24H19ClN2O3/c1-15-5-4-6-16(13-15)14-21(28)27-22-19-7-2-3-8-20(19)30-23(22)24(29)26-18-11-9-17(25)10-12-18/h2-13H,14H2,1H3,(H,26,29)(H,27,28). The van der Waals surface area contributed by atoms with E-state index in [0.717, 1.165) is 11.1 Å². The number of rotatable bonds is 5. The van der Waals surface area contributed by atoms with Crippen molar-refractivity contribution < 1.29 is 14.0 Å². The predicted octanol–water partition coefficient (Wildman–Crippen LogP) is 5.83. The summed E-state index contributed by atoms with van der Waals surface area (Å²) in [6, 6.07) is 21.7. The summed E-state index contributed by atoms with van der Waals surface area (Å²) in [6.45, 7) is 1.98. The van der Waals surface area contributed by atoms with Crippen molar-refractivity contribution in [2.75, 3.05) is 10.6 Å². The first-order chi connectivity index (χ1) is 14.5. The van der Waals surface area contributed by atoms with Gasteiger partial charge in [0.15, 0.2) is 0 Å². The van der Waals surface area contributed by atoms with E-state index in [2.05, 4.69) is 10.6 Å². The van der Waals surface area contributed by atoms with E-state index in [1.165, 1.54) is 0 Å². The lowest BCUT2D eigenvalue weighted by molar-refractivity contribution is -0.115. The van der Waals surface area contributed by atoms with Gasteiger partial charge in [-0.05, 0) is 48.9 Å². The van der Waals surface area contributed by atoms with E-state index in [1.54, 1.807) is 36.4 Å². The fourth-order valence-electron chi connectivity index (χ4n) is 3.24. The molecule has 0 atom stereocenters. The van der Waals surface area contributed by atoms with Crippen molar-refractivity contribution in [3.63, 3.8) is 0 Å². The number of furan rings is 1. The molecule has 2 amide bonds. The van der Waals surface area contributed by atoms with Gasteiger partial charge in [0.25, 0.3) is 5.91 Å². The largest absolute Gasteiger partial charge is 0.449 e. The normalized spacial score (nSPS) is 10.7. The number of anilines is 2. The first-order valence-corrected chi connectivity index (χ1v) is 9.81. The topological polar surface area (TPSA) is 71.3 Å². The highest BCUT2D eigenvalue weighted by atomic mass is 35.5. The molecule has 3 aromatic carbocycles. The van der Waals surface area contributed by atoms with Gasteiger partial charge in [-0.15, -0.1) is 0 Å². The van der Waals surface area contributed by atoms with E-state index in [9.17, 15) is 9.59 Å².